The van der Waals surface area contributed by atoms with Crippen LogP contribution in [0.4, 0.5) is 0 Å². The van der Waals surface area contributed by atoms with Crippen LogP contribution in [0, 0.1) is 0 Å². The summed E-state index contributed by atoms with van der Waals surface area (Å²) >= 11 is 0. The molecule has 0 saturated carbocycles. The van der Waals surface area contributed by atoms with Gasteiger partial charge in [-0.05, 0) is 51.4 Å². The highest BCUT2D eigenvalue weighted by molar-refractivity contribution is 7.47. The number of allylic oxidation sites excluding steroid dienone is 10. The standard InChI is InChI=1S/C44H76NO10P/c1-3-5-7-9-11-13-15-17-19-20-22-23-25-27-29-31-33-35-42(46)52-37-40(38-53-56(50,51)54-39-41(45)44(48)49)55-43(47)36-34-32-30-28-26-24-21-18-16-14-12-10-8-6-4-2/h5,7,11,13,17,19,22-23,27,29,40-41H,3-4,6,8-10,12,14-16,18,20-21,24-26,28,30-39,45H2,1-2H3,(H,48,49)(H,50,51)/b7-5+,13-11+,19-17+,23-22+,29-27+/t40-,41+/m1/s1. The molecule has 3 atom stereocenters. The third-order valence-electron chi connectivity index (χ3n) is 8.78. The molecule has 0 heterocycles. The summed E-state index contributed by atoms with van der Waals surface area (Å²) in [7, 11) is -4.73. The number of esters is 2. The van der Waals surface area contributed by atoms with E-state index in [0.717, 1.165) is 51.4 Å². The first-order chi connectivity index (χ1) is 27.1. The van der Waals surface area contributed by atoms with Crippen molar-refractivity contribution in [3.63, 3.8) is 0 Å². The monoisotopic (exact) mass is 810 g/mol. The van der Waals surface area contributed by atoms with Crippen molar-refractivity contribution in [1.29, 1.82) is 0 Å². The van der Waals surface area contributed by atoms with Crippen molar-refractivity contribution in [2.45, 2.75) is 180 Å². The van der Waals surface area contributed by atoms with Gasteiger partial charge < -0.3 is 25.2 Å². The van der Waals surface area contributed by atoms with Crippen LogP contribution in [0.5, 0.6) is 0 Å². The number of ether oxygens (including phenoxy) is 2. The van der Waals surface area contributed by atoms with Crippen LogP contribution in [0.15, 0.2) is 60.8 Å². The molecule has 0 radical (unpaired) electrons. The van der Waals surface area contributed by atoms with Crippen molar-refractivity contribution >= 4 is 25.7 Å². The van der Waals surface area contributed by atoms with Crippen LogP contribution in [-0.4, -0.2) is 59.9 Å². The predicted molar refractivity (Wildman–Crippen MR) is 226 cm³/mol. The zero-order chi connectivity index (χ0) is 41.4. The molecule has 0 fully saturated rings. The fourth-order valence-corrected chi connectivity index (χ4v) is 6.23. The number of carboxylic acid groups (broad SMARTS) is 1. The van der Waals surface area contributed by atoms with E-state index in [1.54, 1.807) is 0 Å². The number of rotatable bonds is 39. The second-order valence-corrected chi connectivity index (χ2v) is 15.6. The van der Waals surface area contributed by atoms with E-state index in [1.807, 2.05) is 12.2 Å². The van der Waals surface area contributed by atoms with Crippen LogP contribution in [-0.2, 0) is 37.5 Å². The highest BCUT2D eigenvalue weighted by atomic mass is 31.2. The van der Waals surface area contributed by atoms with Gasteiger partial charge in [0.15, 0.2) is 6.10 Å². The second kappa shape index (κ2) is 39.0. The van der Waals surface area contributed by atoms with E-state index in [4.69, 9.17) is 24.8 Å². The lowest BCUT2D eigenvalue weighted by molar-refractivity contribution is -0.161. The van der Waals surface area contributed by atoms with Gasteiger partial charge in [0.1, 0.15) is 12.6 Å². The molecular weight excluding hydrogens is 733 g/mol. The number of phosphoric ester groups is 1. The Kier molecular flexibility index (Phi) is 37.1. The summed E-state index contributed by atoms with van der Waals surface area (Å²) in [5.41, 5.74) is 5.33. The highest BCUT2D eigenvalue weighted by Crippen LogP contribution is 2.43. The second-order valence-electron chi connectivity index (χ2n) is 14.1. The summed E-state index contributed by atoms with van der Waals surface area (Å²) in [5.74, 6) is -2.45. The maximum Gasteiger partial charge on any atom is 0.472 e. The van der Waals surface area contributed by atoms with E-state index in [1.165, 1.54) is 70.6 Å². The normalized spacial score (nSPS) is 14.4. The van der Waals surface area contributed by atoms with Crippen LogP contribution in [0.2, 0.25) is 0 Å². The summed E-state index contributed by atoms with van der Waals surface area (Å²) < 4.78 is 32.6. The Bertz CT molecular complexity index is 1180. The molecule has 0 aromatic rings. The van der Waals surface area contributed by atoms with E-state index in [2.05, 4.69) is 67.0 Å². The number of carbonyl (C=O) groups is 3. The van der Waals surface area contributed by atoms with Gasteiger partial charge in [-0.3, -0.25) is 23.4 Å². The van der Waals surface area contributed by atoms with Crippen molar-refractivity contribution in [3.05, 3.63) is 60.8 Å². The van der Waals surface area contributed by atoms with Crippen molar-refractivity contribution < 1.29 is 47.5 Å². The Morgan fingerprint density at radius 2 is 1.00 bits per heavy atom. The first-order valence-corrected chi connectivity index (χ1v) is 22.8. The molecule has 0 aromatic heterocycles. The number of aliphatic carboxylic acids is 1. The van der Waals surface area contributed by atoms with Gasteiger partial charge >= 0.3 is 25.7 Å². The predicted octanol–water partition coefficient (Wildman–Crippen LogP) is 11.2. The lowest BCUT2D eigenvalue weighted by Crippen LogP contribution is -2.34. The molecule has 1 unspecified atom stereocenters. The molecule has 0 amide bonds. The minimum absolute atomic E-state index is 0.143. The van der Waals surface area contributed by atoms with Crippen molar-refractivity contribution in [2.24, 2.45) is 5.73 Å². The van der Waals surface area contributed by atoms with Crippen LogP contribution < -0.4 is 5.73 Å². The highest BCUT2D eigenvalue weighted by Gasteiger charge is 2.28. The lowest BCUT2D eigenvalue weighted by Gasteiger charge is -2.20. The number of hydrogen-bond acceptors (Lipinski definition) is 9. The number of hydrogen-bond donors (Lipinski definition) is 3. The summed E-state index contributed by atoms with van der Waals surface area (Å²) in [6.45, 7) is 2.63. The number of carboxylic acids is 1. The molecule has 4 N–H and O–H groups in total. The zero-order valence-electron chi connectivity index (χ0n) is 34.7. The van der Waals surface area contributed by atoms with Gasteiger partial charge in [0.25, 0.3) is 0 Å². The summed E-state index contributed by atoms with van der Waals surface area (Å²) in [6, 6.07) is -1.53. The first-order valence-electron chi connectivity index (χ1n) is 21.3. The number of unbranched alkanes of at least 4 members (excludes halogenated alkanes) is 15. The molecule has 0 bridgehead atoms. The van der Waals surface area contributed by atoms with Gasteiger partial charge in [-0.2, -0.15) is 0 Å². The van der Waals surface area contributed by atoms with E-state index >= 15 is 0 Å². The first kappa shape index (κ1) is 53.2. The van der Waals surface area contributed by atoms with Crippen molar-refractivity contribution in [3.8, 4) is 0 Å². The average Bonchev–Trinajstić information content (AvgIpc) is 3.17. The summed E-state index contributed by atoms with van der Waals surface area (Å²) in [5, 5.41) is 8.88. The topological polar surface area (TPSA) is 172 Å². The minimum Gasteiger partial charge on any atom is -0.480 e. The molecule has 0 rings (SSSR count). The SMILES string of the molecule is CC/C=C/C/C=C/C/C=C/C/C=C/C/C=C/CCCC(=O)OC[C@H](COP(=O)(O)OC[C@H](N)C(=O)O)OC(=O)CCCCCCCCCCCCCCCCC. The number of nitrogens with two attached hydrogens (primary N) is 1. The van der Waals surface area contributed by atoms with Gasteiger partial charge in [0, 0.05) is 12.8 Å². The van der Waals surface area contributed by atoms with E-state index in [-0.39, 0.29) is 19.4 Å². The minimum atomic E-state index is -4.73. The smallest absolute Gasteiger partial charge is 0.472 e. The van der Waals surface area contributed by atoms with E-state index in [0.29, 0.717) is 19.3 Å². The Morgan fingerprint density at radius 3 is 1.48 bits per heavy atom. The molecule has 12 heteroatoms. The molecule has 0 spiro atoms. The van der Waals surface area contributed by atoms with Gasteiger partial charge in [-0.15, -0.1) is 0 Å². The Hall–Kier alpha value is -2.82. The zero-order valence-corrected chi connectivity index (χ0v) is 35.6. The van der Waals surface area contributed by atoms with Crippen molar-refractivity contribution in [1.82, 2.24) is 0 Å². The van der Waals surface area contributed by atoms with Gasteiger partial charge in [-0.25, -0.2) is 4.57 Å². The van der Waals surface area contributed by atoms with Crippen LogP contribution in [0.25, 0.3) is 0 Å². The third-order valence-corrected chi connectivity index (χ3v) is 9.73. The van der Waals surface area contributed by atoms with Gasteiger partial charge in [-0.1, -0.05) is 164 Å². The van der Waals surface area contributed by atoms with E-state index < -0.39 is 51.1 Å². The Balaban J connectivity index is 4.47. The molecule has 0 aliphatic heterocycles. The van der Waals surface area contributed by atoms with Crippen molar-refractivity contribution in [2.75, 3.05) is 19.8 Å². The Morgan fingerprint density at radius 1 is 0.571 bits per heavy atom. The summed E-state index contributed by atoms with van der Waals surface area (Å²) in [4.78, 5) is 45.9. The van der Waals surface area contributed by atoms with Gasteiger partial charge in [0.05, 0.1) is 13.2 Å². The number of phosphoric acid groups is 1. The largest absolute Gasteiger partial charge is 0.480 e. The Labute approximate surface area is 338 Å². The maximum absolute atomic E-state index is 12.6. The molecule has 322 valence electrons. The molecule has 0 saturated heterocycles. The fraction of sp³-hybridized carbons (Fsp3) is 0.705. The lowest BCUT2D eigenvalue weighted by atomic mass is 10.0. The number of carbonyl (C=O) groups excluding carboxylic acids is 2. The average molecular weight is 810 g/mol. The molecule has 0 aliphatic rings. The molecule has 11 nitrogen and oxygen atoms in total. The molecule has 0 aliphatic carbocycles. The molecule has 56 heavy (non-hydrogen) atoms. The molecule has 0 aromatic carbocycles. The van der Waals surface area contributed by atoms with Crippen LogP contribution in [0.3, 0.4) is 0 Å². The van der Waals surface area contributed by atoms with Crippen LogP contribution >= 0.6 is 7.82 Å². The van der Waals surface area contributed by atoms with E-state index in [9.17, 15) is 23.8 Å². The molecular formula is C44H76NO10P. The quantitative estimate of drug-likeness (QED) is 0.0233. The maximum atomic E-state index is 12.6. The van der Waals surface area contributed by atoms with Crippen LogP contribution in [0.1, 0.15) is 168 Å². The fourth-order valence-electron chi connectivity index (χ4n) is 5.45. The summed E-state index contributed by atoms with van der Waals surface area (Å²) in [6.07, 6.45) is 44.3. The van der Waals surface area contributed by atoms with Gasteiger partial charge in [0.2, 0.25) is 0 Å². The third kappa shape index (κ3) is 38.1.